The predicted octanol–water partition coefficient (Wildman–Crippen LogP) is 3.73. The van der Waals surface area contributed by atoms with Gasteiger partial charge in [0.05, 0.1) is 35.5 Å². The Hall–Kier alpha value is -3.86. The molecule has 1 amide bonds. The Balaban J connectivity index is 1.46. The maximum atomic E-state index is 13.9. The van der Waals surface area contributed by atoms with Crippen LogP contribution in [0.15, 0.2) is 60.7 Å². The molecule has 0 spiro atoms. The van der Waals surface area contributed by atoms with Gasteiger partial charge in [-0.15, -0.1) is 0 Å². The predicted molar refractivity (Wildman–Crippen MR) is 150 cm³/mol. The zero-order valence-electron chi connectivity index (χ0n) is 22.1. The molecule has 208 valence electrons. The van der Waals surface area contributed by atoms with E-state index in [4.69, 9.17) is 15.6 Å². The summed E-state index contributed by atoms with van der Waals surface area (Å²) in [6, 6.07) is 16.8. The monoisotopic (exact) mass is 546 g/mol. The van der Waals surface area contributed by atoms with E-state index in [1.807, 2.05) is 30.3 Å². The van der Waals surface area contributed by atoms with Crippen LogP contribution < -0.4 is 16.0 Å². The Kier molecular flexibility index (Phi) is 7.46. The van der Waals surface area contributed by atoms with Crippen LogP contribution >= 0.6 is 0 Å². The number of rotatable bonds is 7. The van der Waals surface area contributed by atoms with Gasteiger partial charge in [0.15, 0.2) is 5.82 Å². The van der Waals surface area contributed by atoms with Crippen LogP contribution in [0.1, 0.15) is 27.9 Å². The Morgan fingerprint density at radius 3 is 2.60 bits per heavy atom. The summed E-state index contributed by atoms with van der Waals surface area (Å²) < 4.78 is 33.7. The molecular weight excluding hydrogens is 514 g/mol. The lowest BCUT2D eigenvalue weighted by atomic mass is 9.96. The summed E-state index contributed by atoms with van der Waals surface area (Å²) in [6.45, 7) is 4.74. The molecule has 2 fully saturated rings. The molecule has 2 atom stereocenters. The summed E-state index contributed by atoms with van der Waals surface area (Å²) >= 11 is 0. The number of para-hydroxylation sites is 1. The van der Waals surface area contributed by atoms with E-state index < -0.39 is 17.5 Å². The average Bonchev–Trinajstić information content (AvgIpc) is 3.36. The molecule has 1 aromatic heterocycles. The van der Waals surface area contributed by atoms with Crippen molar-refractivity contribution in [3.63, 3.8) is 0 Å². The fraction of sp³-hybridized carbons (Fsp3) is 0.333. The zero-order valence-corrected chi connectivity index (χ0v) is 22.1. The zero-order chi connectivity index (χ0) is 27.6. The number of hydrogen-bond acceptors (Lipinski definition) is 6. The molecule has 8 nitrogen and oxygen atoms in total. The number of carbonyl (C=O) groups is 1. The number of fused-ring (bicyclic) bond motifs is 1. The van der Waals surface area contributed by atoms with E-state index in [-0.39, 0.29) is 12.1 Å². The molecule has 0 saturated carbocycles. The van der Waals surface area contributed by atoms with E-state index in [2.05, 4.69) is 20.2 Å². The van der Waals surface area contributed by atoms with Crippen LogP contribution in [0.5, 0.6) is 0 Å². The van der Waals surface area contributed by atoms with Gasteiger partial charge in [-0.2, -0.15) is 5.10 Å². The summed E-state index contributed by atoms with van der Waals surface area (Å²) in [7, 11) is 0. The number of piperazine rings is 1. The van der Waals surface area contributed by atoms with E-state index in [0.29, 0.717) is 42.3 Å². The van der Waals surface area contributed by atoms with Crippen molar-refractivity contribution in [2.75, 3.05) is 44.3 Å². The molecule has 3 aromatic carbocycles. The van der Waals surface area contributed by atoms with Gasteiger partial charge in [-0.05, 0) is 60.4 Å². The number of benzene rings is 3. The number of hydrogen-bond donors (Lipinski definition) is 3. The molecule has 0 radical (unpaired) electrons. The lowest BCUT2D eigenvalue weighted by Crippen LogP contribution is -2.59. The maximum Gasteiger partial charge on any atom is 0.250 e. The van der Waals surface area contributed by atoms with Crippen molar-refractivity contribution in [1.29, 1.82) is 0 Å². The third-order valence-corrected chi connectivity index (χ3v) is 7.84. The summed E-state index contributed by atoms with van der Waals surface area (Å²) in [5, 5.41) is 12.2. The first-order valence-electron chi connectivity index (χ1n) is 13.6. The van der Waals surface area contributed by atoms with Crippen LogP contribution in [0.2, 0.25) is 0 Å². The highest BCUT2D eigenvalue weighted by Crippen LogP contribution is 2.38. The van der Waals surface area contributed by atoms with Crippen molar-refractivity contribution in [2.45, 2.75) is 24.9 Å². The Morgan fingerprint density at radius 1 is 1.05 bits per heavy atom. The number of aromatic nitrogens is 2. The van der Waals surface area contributed by atoms with Gasteiger partial charge in [0.1, 0.15) is 11.6 Å². The molecule has 40 heavy (non-hydrogen) atoms. The van der Waals surface area contributed by atoms with Crippen molar-refractivity contribution in [2.24, 2.45) is 5.73 Å². The Morgan fingerprint density at radius 2 is 1.82 bits per heavy atom. The molecule has 0 aliphatic carbocycles. The highest BCUT2D eigenvalue weighted by Gasteiger charge is 2.38. The molecule has 4 N–H and O–H groups in total. The standard InChI is InChI=1S/C30H32F2N6O2/c31-21-14-20(15-22(32)17-21)13-19-5-6-25-24(16-19)30(36-35-25)38(26-4-2-1-3-23(26)29(33)39)27-7-12-40-18-28(27)37-10-8-34-9-11-37/h1-6,14-17,27-28,34H,7-13,18H2,(H2,33,39)(H,35,36). The van der Waals surface area contributed by atoms with E-state index in [1.54, 1.807) is 12.1 Å². The first-order chi connectivity index (χ1) is 19.5. The van der Waals surface area contributed by atoms with Crippen LogP contribution in [0.4, 0.5) is 20.3 Å². The number of amides is 1. The quantitative estimate of drug-likeness (QED) is 0.327. The van der Waals surface area contributed by atoms with Gasteiger partial charge in [-0.25, -0.2) is 8.78 Å². The number of ether oxygens (including phenoxy) is 1. The van der Waals surface area contributed by atoms with Crippen LogP contribution in [-0.2, 0) is 11.2 Å². The van der Waals surface area contributed by atoms with Gasteiger partial charge in [0, 0.05) is 44.2 Å². The summed E-state index contributed by atoms with van der Waals surface area (Å²) in [5.74, 6) is -1.05. The van der Waals surface area contributed by atoms with Crippen LogP contribution in [0.25, 0.3) is 10.9 Å². The summed E-state index contributed by atoms with van der Waals surface area (Å²) in [6.07, 6.45) is 1.09. The van der Waals surface area contributed by atoms with E-state index in [0.717, 1.165) is 55.1 Å². The van der Waals surface area contributed by atoms with Crippen molar-refractivity contribution >= 4 is 28.3 Å². The van der Waals surface area contributed by atoms with Gasteiger partial charge < -0.3 is 20.7 Å². The van der Waals surface area contributed by atoms with E-state index in [1.165, 1.54) is 12.1 Å². The number of anilines is 2. The normalized spacial score (nSPS) is 20.1. The minimum Gasteiger partial charge on any atom is -0.380 e. The van der Waals surface area contributed by atoms with Gasteiger partial charge >= 0.3 is 0 Å². The maximum absolute atomic E-state index is 13.9. The number of nitrogens with two attached hydrogens (primary N) is 1. The topological polar surface area (TPSA) is 99.5 Å². The number of nitrogens with one attached hydrogen (secondary N) is 2. The molecule has 3 heterocycles. The number of nitrogens with zero attached hydrogens (tertiary/aromatic N) is 3. The largest absolute Gasteiger partial charge is 0.380 e. The van der Waals surface area contributed by atoms with Crippen LogP contribution in [-0.4, -0.2) is 72.5 Å². The Bertz CT molecular complexity index is 1500. The Labute approximate surface area is 231 Å². The SMILES string of the molecule is NC(=O)c1ccccc1N(c1n[nH]c2ccc(Cc3cc(F)cc(F)c3)cc12)C1CCOCC1N1CCNCC1. The lowest BCUT2D eigenvalue weighted by molar-refractivity contribution is 0.00179. The van der Waals surface area contributed by atoms with Crippen molar-refractivity contribution in [3.05, 3.63) is 89.0 Å². The third-order valence-electron chi connectivity index (χ3n) is 7.84. The summed E-state index contributed by atoms with van der Waals surface area (Å²) in [5.41, 5.74) is 9.20. The minimum absolute atomic E-state index is 0.0418. The molecule has 4 aromatic rings. The van der Waals surface area contributed by atoms with Gasteiger partial charge in [0.25, 0.3) is 5.91 Å². The van der Waals surface area contributed by atoms with Crippen LogP contribution in [0.3, 0.4) is 0 Å². The molecular formula is C30H32F2N6O2. The van der Waals surface area contributed by atoms with Crippen LogP contribution in [0, 0.1) is 11.6 Å². The lowest BCUT2D eigenvalue weighted by Gasteiger charge is -2.46. The second kappa shape index (κ2) is 11.3. The molecule has 2 saturated heterocycles. The first kappa shape index (κ1) is 26.4. The molecule has 10 heteroatoms. The van der Waals surface area contributed by atoms with Crippen molar-refractivity contribution in [1.82, 2.24) is 20.4 Å². The van der Waals surface area contributed by atoms with Crippen molar-refractivity contribution in [3.8, 4) is 0 Å². The second-order valence-electron chi connectivity index (χ2n) is 10.4. The molecule has 0 bridgehead atoms. The first-order valence-corrected chi connectivity index (χ1v) is 13.6. The number of aromatic amines is 1. The molecule has 2 unspecified atom stereocenters. The number of carbonyl (C=O) groups excluding carboxylic acids is 1. The van der Waals surface area contributed by atoms with Gasteiger partial charge in [-0.1, -0.05) is 18.2 Å². The highest BCUT2D eigenvalue weighted by atomic mass is 19.1. The fourth-order valence-electron chi connectivity index (χ4n) is 6.01. The third kappa shape index (κ3) is 5.30. The summed E-state index contributed by atoms with van der Waals surface area (Å²) in [4.78, 5) is 17.2. The van der Waals surface area contributed by atoms with Gasteiger partial charge in [0.2, 0.25) is 0 Å². The van der Waals surface area contributed by atoms with E-state index in [9.17, 15) is 13.6 Å². The number of primary amides is 1. The number of halogens is 2. The average molecular weight is 547 g/mol. The van der Waals surface area contributed by atoms with E-state index >= 15 is 0 Å². The molecule has 6 rings (SSSR count). The van der Waals surface area contributed by atoms with Gasteiger partial charge in [-0.3, -0.25) is 14.8 Å². The molecule has 2 aliphatic heterocycles. The fourth-order valence-corrected chi connectivity index (χ4v) is 6.01. The highest BCUT2D eigenvalue weighted by molar-refractivity contribution is 6.01. The van der Waals surface area contributed by atoms with Crippen molar-refractivity contribution < 1.29 is 18.3 Å². The number of H-pyrrole nitrogens is 1. The molecule has 2 aliphatic rings. The smallest absolute Gasteiger partial charge is 0.250 e. The minimum atomic E-state index is -0.604. The second-order valence-corrected chi connectivity index (χ2v) is 10.4.